The van der Waals surface area contributed by atoms with E-state index >= 15 is 0 Å². The largest absolute Gasteiger partial charge is 0.347 e. The van der Waals surface area contributed by atoms with Crippen LogP contribution in [0.2, 0.25) is 0 Å². The zero-order valence-corrected chi connectivity index (χ0v) is 10.0. The Morgan fingerprint density at radius 2 is 2.00 bits per heavy atom. The number of nitrogens with two attached hydrogens (primary N) is 1. The number of hydrogen-bond donors (Lipinski definition) is 1. The van der Waals surface area contributed by atoms with Crippen LogP contribution in [0.4, 0.5) is 0 Å². The van der Waals surface area contributed by atoms with Crippen LogP contribution in [-0.4, -0.2) is 28.4 Å². The van der Waals surface area contributed by atoms with Crippen LogP contribution >= 0.6 is 0 Å². The average molecular weight is 211 g/mol. The molecular weight excluding hydrogens is 190 g/mol. The van der Waals surface area contributed by atoms with Gasteiger partial charge in [-0.25, -0.2) is 5.84 Å². The number of carbonyl (C=O) groups excluding carboxylic acids is 1. The monoisotopic (exact) mass is 211 g/mol. The summed E-state index contributed by atoms with van der Waals surface area (Å²) in [6.07, 6.45) is 4.72. The zero-order valence-electron chi connectivity index (χ0n) is 10.0. The van der Waals surface area contributed by atoms with Gasteiger partial charge >= 0.3 is 0 Å². The van der Waals surface area contributed by atoms with Crippen LogP contribution in [0.1, 0.15) is 34.1 Å². The molecule has 0 aliphatic carbocycles. The van der Waals surface area contributed by atoms with Gasteiger partial charge in [0.1, 0.15) is 6.17 Å². The standard InChI is InChI=1S/C11H21N3O/c1-5-10-13(6-7-14(10)12)8-9(15)11(2,3)4/h6-7,10H,5,8,12H2,1-4H3. The summed E-state index contributed by atoms with van der Waals surface area (Å²) in [7, 11) is 0. The molecule has 4 heteroatoms. The molecule has 0 aromatic rings. The SMILES string of the molecule is CCC1N(N)C=CN1CC(=O)C(C)(C)C. The highest BCUT2D eigenvalue weighted by Gasteiger charge is 2.28. The van der Waals surface area contributed by atoms with Crippen molar-refractivity contribution in [1.29, 1.82) is 0 Å². The van der Waals surface area contributed by atoms with Gasteiger partial charge in [0.2, 0.25) is 0 Å². The lowest BCUT2D eigenvalue weighted by Gasteiger charge is -2.30. The van der Waals surface area contributed by atoms with Gasteiger partial charge in [0.05, 0.1) is 6.54 Å². The molecule has 1 rings (SSSR count). The Morgan fingerprint density at radius 1 is 1.40 bits per heavy atom. The van der Waals surface area contributed by atoms with Crippen molar-refractivity contribution in [3.05, 3.63) is 12.4 Å². The van der Waals surface area contributed by atoms with Crippen LogP contribution in [0.25, 0.3) is 0 Å². The van der Waals surface area contributed by atoms with E-state index < -0.39 is 0 Å². The minimum atomic E-state index is -0.284. The van der Waals surface area contributed by atoms with E-state index in [0.29, 0.717) is 6.54 Å². The lowest BCUT2D eigenvalue weighted by Crippen LogP contribution is -2.45. The van der Waals surface area contributed by atoms with Crippen LogP contribution in [0.5, 0.6) is 0 Å². The second kappa shape index (κ2) is 4.23. The molecule has 0 aromatic heterocycles. The first-order valence-electron chi connectivity index (χ1n) is 5.36. The maximum Gasteiger partial charge on any atom is 0.157 e. The van der Waals surface area contributed by atoms with E-state index in [2.05, 4.69) is 6.92 Å². The Bertz CT molecular complexity index is 267. The number of hydrogen-bond acceptors (Lipinski definition) is 4. The molecule has 0 bridgehead atoms. The molecule has 0 saturated heterocycles. The first-order valence-corrected chi connectivity index (χ1v) is 5.36. The maximum atomic E-state index is 11.9. The van der Waals surface area contributed by atoms with Crippen LogP contribution in [0.3, 0.4) is 0 Å². The van der Waals surface area contributed by atoms with Crippen molar-refractivity contribution in [3.63, 3.8) is 0 Å². The van der Waals surface area contributed by atoms with E-state index in [1.54, 1.807) is 5.01 Å². The summed E-state index contributed by atoms with van der Waals surface area (Å²) in [6.45, 7) is 8.32. The van der Waals surface area contributed by atoms with Crippen molar-refractivity contribution < 1.29 is 4.79 Å². The van der Waals surface area contributed by atoms with Gasteiger partial charge in [-0.2, -0.15) is 0 Å². The van der Waals surface area contributed by atoms with E-state index in [1.807, 2.05) is 38.1 Å². The Hall–Kier alpha value is -1.03. The predicted octanol–water partition coefficient (Wildman–Crippen LogP) is 1.30. The number of nitrogens with zero attached hydrogens (tertiary/aromatic N) is 2. The smallest absolute Gasteiger partial charge is 0.157 e. The summed E-state index contributed by atoms with van der Waals surface area (Å²) >= 11 is 0. The topological polar surface area (TPSA) is 49.6 Å². The van der Waals surface area contributed by atoms with E-state index in [4.69, 9.17) is 5.84 Å². The predicted molar refractivity (Wildman–Crippen MR) is 60.4 cm³/mol. The average Bonchev–Trinajstić information content (AvgIpc) is 2.45. The molecule has 1 heterocycles. The summed E-state index contributed by atoms with van der Waals surface area (Å²) in [5.74, 6) is 6.00. The van der Waals surface area contributed by atoms with E-state index in [-0.39, 0.29) is 17.4 Å². The summed E-state index contributed by atoms with van der Waals surface area (Å²) in [4.78, 5) is 13.8. The molecule has 0 aromatic carbocycles. The van der Waals surface area contributed by atoms with Gasteiger partial charge in [-0.15, -0.1) is 0 Å². The number of carbonyl (C=O) groups is 1. The van der Waals surface area contributed by atoms with E-state index in [9.17, 15) is 4.79 Å². The molecule has 0 saturated carbocycles. The second-order valence-electron chi connectivity index (χ2n) is 4.98. The van der Waals surface area contributed by atoms with Gasteiger partial charge < -0.3 is 4.90 Å². The molecule has 2 N–H and O–H groups in total. The molecule has 0 amide bonds. The lowest BCUT2D eigenvalue weighted by molar-refractivity contribution is -0.127. The molecule has 1 aliphatic heterocycles. The van der Waals surface area contributed by atoms with Crippen LogP contribution < -0.4 is 5.84 Å². The summed E-state index contributed by atoms with van der Waals surface area (Å²) in [5.41, 5.74) is -0.284. The van der Waals surface area contributed by atoms with Crippen molar-refractivity contribution >= 4 is 5.78 Å². The van der Waals surface area contributed by atoms with Crippen molar-refractivity contribution in [3.8, 4) is 0 Å². The number of rotatable bonds is 3. The van der Waals surface area contributed by atoms with Crippen molar-refractivity contribution in [2.45, 2.75) is 40.3 Å². The molecule has 0 spiro atoms. The van der Waals surface area contributed by atoms with Gasteiger partial charge in [0.25, 0.3) is 0 Å². The van der Waals surface area contributed by atoms with Crippen molar-refractivity contribution in [2.24, 2.45) is 11.3 Å². The molecule has 1 aliphatic rings. The summed E-state index contributed by atoms with van der Waals surface area (Å²) in [6, 6.07) is 0. The summed E-state index contributed by atoms with van der Waals surface area (Å²) < 4.78 is 0. The Labute approximate surface area is 91.7 Å². The third-order valence-corrected chi connectivity index (χ3v) is 2.69. The number of ketones is 1. The number of Topliss-reactive ketones (excluding diaryl/α,β-unsaturated/α-hetero) is 1. The first kappa shape index (κ1) is 12.0. The molecular formula is C11H21N3O. The van der Waals surface area contributed by atoms with Crippen LogP contribution in [0, 0.1) is 5.41 Å². The molecule has 4 nitrogen and oxygen atoms in total. The van der Waals surface area contributed by atoms with Crippen molar-refractivity contribution in [2.75, 3.05) is 6.54 Å². The zero-order chi connectivity index (χ0) is 11.6. The minimum absolute atomic E-state index is 0.122. The minimum Gasteiger partial charge on any atom is -0.347 e. The van der Waals surface area contributed by atoms with E-state index in [1.165, 1.54) is 0 Å². The fourth-order valence-corrected chi connectivity index (χ4v) is 1.54. The highest BCUT2D eigenvalue weighted by molar-refractivity contribution is 5.85. The van der Waals surface area contributed by atoms with Gasteiger partial charge in [-0.3, -0.25) is 9.80 Å². The van der Waals surface area contributed by atoms with Gasteiger partial charge in [-0.05, 0) is 6.42 Å². The Kier molecular flexibility index (Phi) is 3.39. The van der Waals surface area contributed by atoms with Crippen LogP contribution in [-0.2, 0) is 4.79 Å². The molecule has 0 fully saturated rings. The molecule has 1 unspecified atom stereocenters. The Balaban J connectivity index is 2.60. The van der Waals surface area contributed by atoms with Gasteiger partial charge in [-0.1, -0.05) is 27.7 Å². The fourth-order valence-electron chi connectivity index (χ4n) is 1.54. The maximum absolute atomic E-state index is 11.9. The summed E-state index contributed by atoms with van der Waals surface area (Å²) in [5, 5.41) is 1.65. The normalized spacial score (nSPS) is 21.3. The first-order chi connectivity index (χ1) is 6.86. The fraction of sp³-hybridized carbons (Fsp3) is 0.727. The Morgan fingerprint density at radius 3 is 2.47 bits per heavy atom. The molecule has 1 atom stereocenters. The van der Waals surface area contributed by atoms with Crippen LogP contribution in [0.15, 0.2) is 12.4 Å². The quantitative estimate of drug-likeness (QED) is 0.715. The highest BCUT2D eigenvalue weighted by atomic mass is 16.1. The lowest BCUT2D eigenvalue weighted by atomic mass is 9.90. The van der Waals surface area contributed by atoms with Crippen molar-refractivity contribution in [1.82, 2.24) is 9.91 Å². The molecule has 86 valence electrons. The third-order valence-electron chi connectivity index (χ3n) is 2.69. The van der Waals surface area contributed by atoms with Gasteiger partial charge in [0.15, 0.2) is 5.78 Å². The number of hydrazine groups is 1. The third kappa shape index (κ3) is 2.72. The molecule has 15 heavy (non-hydrogen) atoms. The van der Waals surface area contributed by atoms with E-state index in [0.717, 1.165) is 6.42 Å². The highest BCUT2D eigenvalue weighted by Crippen LogP contribution is 2.20. The van der Waals surface area contributed by atoms with Gasteiger partial charge in [0, 0.05) is 17.8 Å². The molecule has 0 radical (unpaired) electrons. The second-order valence-corrected chi connectivity index (χ2v) is 4.98.